The minimum Gasteiger partial charge on any atom is -0.481 e. The average molecular weight is 289 g/mol. The molecule has 2 rings (SSSR count). The van der Waals surface area contributed by atoms with E-state index in [1.807, 2.05) is 19.1 Å². The van der Waals surface area contributed by atoms with Crippen molar-refractivity contribution < 1.29 is 9.90 Å². The number of carboxylic acid groups (broad SMARTS) is 1. The lowest BCUT2D eigenvalue weighted by molar-refractivity contribution is -0.136. The van der Waals surface area contributed by atoms with Gasteiger partial charge in [-0.2, -0.15) is 0 Å². The van der Waals surface area contributed by atoms with E-state index in [9.17, 15) is 4.79 Å². The fourth-order valence-electron chi connectivity index (χ4n) is 2.06. The molecular formula is C16H19NO2S. The Labute approximate surface area is 123 Å². The molecule has 0 spiro atoms. The molecule has 20 heavy (non-hydrogen) atoms. The summed E-state index contributed by atoms with van der Waals surface area (Å²) in [6, 6.07) is 8.26. The number of thiazole rings is 1. The van der Waals surface area contributed by atoms with E-state index in [2.05, 4.69) is 31.0 Å². The second-order valence-corrected chi connectivity index (χ2v) is 6.25. The van der Waals surface area contributed by atoms with Crippen molar-refractivity contribution in [1.82, 2.24) is 4.98 Å². The molecule has 0 amide bonds. The quantitative estimate of drug-likeness (QED) is 0.900. The summed E-state index contributed by atoms with van der Waals surface area (Å²) >= 11 is 1.50. The number of carboxylic acids is 1. The van der Waals surface area contributed by atoms with Crippen LogP contribution in [-0.4, -0.2) is 16.1 Å². The highest BCUT2D eigenvalue weighted by Crippen LogP contribution is 2.30. The first-order valence-electron chi connectivity index (χ1n) is 6.82. The van der Waals surface area contributed by atoms with E-state index < -0.39 is 5.97 Å². The van der Waals surface area contributed by atoms with Gasteiger partial charge < -0.3 is 5.11 Å². The normalized spacial score (nSPS) is 11.0. The minimum atomic E-state index is -0.809. The maximum absolute atomic E-state index is 11.0. The first-order valence-corrected chi connectivity index (χ1v) is 7.63. The monoisotopic (exact) mass is 289 g/mol. The molecular weight excluding hydrogens is 270 g/mol. The van der Waals surface area contributed by atoms with Gasteiger partial charge in [-0.3, -0.25) is 4.79 Å². The summed E-state index contributed by atoms with van der Waals surface area (Å²) in [4.78, 5) is 16.4. The highest BCUT2D eigenvalue weighted by molar-refractivity contribution is 7.12. The first kappa shape index (κ1) is 14.7. The average Bonchev–Trinajstić information content (AvgIpc) is 2.81. The van der Waals surface area contributed by atoms with Gasteiger partial charge in [0.1, 0.15) is 0 Å². The lowest BCUT2D eigenvalue weighted by atomic mass is 10.0. The number of hydrogen-bond donors (Lipinski definition) is 1. The maximum Gasteiger partial charge on any atom is 0.308 e. The second-order valence-electron chi connectivity index (χ2n) is 5.08. The number of benzene rings is 1. The summed E-state index contributed by atoms with van der Waals surface area (Å²) in [6.45, 7) is 6.35. The van der Waals surface area contributed by atoms with Gasteiger partial charge in [-0.25, -0.2) is 4.98 Å². The van der Waals surface area contributed by atoms with Crippen LogP contribution in [0.1, 0.15) is 42.1 Å². The third kappa shape index (κ3) is 3.25. The number of carbonyl (C=O) groups is 1. The second kappa shape index (κ2) is 6.18. The molecule has 106 valence electrons. The Bertz CT molecular complexity index is 599. The van der Waals surface area contributed by atoms with Crippen LogP contribution in [0.2, 0.25) is 0 Å². The van der Waals surface area contributed by atoms with E-state index >= 15 is 0 Å². The molecule has 0 unspecified atom stereocenters. The van der Waals surface area contributed by atoms with Crippen molar-refractivity contribution in [3.05, 3.63) is 39.7 Å². The minimum absolute atomic E-state index is 0.0406. The Morgan fingerprint density at radius 1 is 1.30 bits per heavy atom. The van der Waals surface area contributed by atoms with E-state index in [1.54, 1.807) is 0 Å². The Morgan fingerprint density at radius 2 is 1.95 bits per heavy atom. The van der Waals surface area contributed by atoms with Crippen LogP contribution in [0.5, 0.6) is 0 Å². The molecule has 3 nitrogen and oxygen atoms in total. The molecule has 0 aliphatic carbocycles. The molecule has 0 bridgehead atoms. The highest BCUT2D eigenvalue weighted by Gasteiger charge is 2.15. The molecule has 0 saturated heterocycles. The number of rotatable bonds is 5. The SMILES string of the molecule is CCc1nc(-c2ccc(C(C)C)cc2)c(CC(=O)O)s1. The Morgan fingerprint density at radius 3 is 2.45 bits per heavy atom. The van der Waals surface area contributed by atoms with Crippen LogP contribution in [0.3, 0.4) is 0 Å². The standard InChI is InChI=1S/C16H19NO2S/c1-4-14-17-16(13(20-14)9-15(18)19)12-7-5-11(6-8-12)10(2)3/h5-8,10H,4,9H2,1-3H3,(H,18,19). The van der Waals surface area contributed by atoms with Crippen molar-refractivity contribution in [2.75, 3.05) is 0 Å². The van der Waals surface area contributed by atoms with Crippen molar-refractivity contribution in [3.63, 3.8) is 0 Å². The summed E-state index contributed by atoms with van der Waals surface area (Å²) in [5, 5.41) is 10.0. The molecule has 0 radical (unpaired) electrons. The van der Waals surface area contributed by atoms with Crippen LogP contribution in [0.25, 0.3) is 11.3 Å². The van der Waals surface area contributed by atoms with E-state index in [4.69, 9.17) is 5.11 Å². The van der Waals surface area contributed by atoms with Gasteiger partial charge in [0.2, 0.25) is 0 Å². The number of aryl methyl sites for hydroxylation is 1. The first-order chi connectivity index (χ1) is 9.51. The Hall–Kier alpha value is -1.68. The number of aliphatic carboxylic acids is 1. The lowest BCUT2D eigenvalue weighted by Gasteiger charge is -2.06. The predicted octanol–water partition coefficient (Wildman–Crippen LogP) is 4.12. The molecule has 0 aliphatic heterocycles. The van der Waals surface area contributed by atoms with E-state index in [0.29, 0.717) is 5.92 Å². The van der Waals surface area contributed by atoms with Crippen molar-refractivity contribution in [2.24, 2.45) is 0 Å². The summed E-state index contributed by atoms with van der Waals surface area (Å²) in [5.74, 6) is -0.319. The number of aromatic nitrogens is 1. The molecule has 1 aromatic heterocycles. The third-order valence-electron chi connectivity index (χ3n) is 3.21. The maximum atomic E-state index is 11.0. The highest BCUT2D eigenvalue weighted by atomic mass is 32.1. The summed E-state index contributed by atoms with van der Waals surface area (Å²) in [6.07, 6.45) is 0.875. The van der Waals surface area contributed by atoms with Gasteiger partial charge in [-0.15, -0.1) is 11.3 Å². The van der Waals surface area contributed by atoms with Crippen LogP contribution in [-0.2, 0) is 17.6 Å². The van der Waals surface area contributed by atoms with Gasteiger partial charge >= 0.3 is 5.97 Å². The topological polar surface area (TPSA) is 50.2 Å². The van der Waals surface area contributed by atoms with Crippen LogP contribution in [0.4, 0.5) is 0 Å². The number of hydrogen-bond acceptors (Lipinski definition) is 3. The fourth-order valence-corrected chi connectivity index (χ4v) is 3.08. The summed E-state index contributed by atoms with van der Waals surface area (Å²) in [5.41, 5.74) is 3.10. The predicted molar refractivity (Wildman–Crippen MR) is 82.4 cm³/mol. The van der Waals surface area contributed by atoms with Gasteiger partial charge in [0, 0.05) is 10.4 Å². The van der Waals surface area contributed by atoms with Gasteiger partial charge in [0.05, 0.1) is 17.1 Å². The van der Waals surface area contributed by atoms with Crippen molar-refractivity contribution in [3.8, 4) is 11.3 Å². The smallest absolute Gasteiger partial charge is 0.308 e. The van der Waals surface area contributed by atoms with Gasteiger partial charge in [-0.05, 0) is 17.9 Å². The van der Waals surface area contributed by atoms with Crippen molar-refractivity contribution in [2.45, 2.75) is 39.5 Å². The fraction of sp³-hybridized carbons (Fsp3) is 0.375. The zero-order valence-electron chi connectivity index (χ0n) is 12.0. The van der Waals surface area contributed by atoms with Crippen LogP contribution in [0.15, 0.2) is 24.3 Å². The Kier molecular flexibility index (Phi) is 4.55. The zero-order valence-corrected chi connectivity index (χ0v) is 12.8. The van der Waals surface area contributed by atoms with E-state index in [1.165, 1.54) is 16.9 Å². The van der Waals surface area contributed by atoms with E-state index in [-0.39, 0.29) is 6.42 Å². The van der Waals surface area contributed by atoms with Crippen molar-refractivity contribution in [1.29, 1.82) is 0 Å². The van der Waals surface area contributed by atoms with Gasteiger partial charge in [0.15, 0.2) is 0 Å². The molecule has 4 heteroatoms. The van der Waals surface area contributed by atoms with Gasteiger partial charge in [0.25, 0.3) is 0 Å². The molecule has 1 heterocycles. The van der Waals surface area contributed by atoms with Crippen molar-refractivity contribution >= 4 is 17.3 Å². The van der Waals surface area contributed by atoms with Crippen LogP contribution in [0, 0.1) is 0 Å². The molecule has 1 N–H and O–H groups in total. The molecule has 0 fully saturated rings. The van der Waals surface area contributed by atoms with Crippen LogP contribution < -0.4 is 0 Å². The molecule has 0 atom stereocenters. The molecule has 0 aliphatic rings. The summed E-state index contributed by atoms with van der Waals surface area (Å²) in [7, 11) is 0. The molecule has 1 aromatic carbocycles. The Balaban J connectivity index is 2.39. The third-order valence-corrected chi connectivity index (χ3v) is 4.41. The lowest BCUT2D eigenvalue weighted by Crippen LogP contribution is -1.99. The van der Waals surface area contributed by atoms with Crippen LogP contribution >= 0.6 is 11.3 Å². The molecule has 0 saturated carbocycles. The summed E-state index contributed by atoms with van der Waals surface area (Å²) < 4.78 is 0. The van der Waals surface area contributed by atoms with E-state index in [0.717, 1.165) is 27.6 Å². The van der Waals surface area contributed by atoms with Gasteiger partial charge in [-0.1, -0.05) is 45.0 Å². The molecule has 2 aromatic rings. The largest absolute Gasteiger partial charge is 0.481 e. The number of nitrogens with zero attached hydrogens (tertiary/aromatic N) is 1. The zero-order chi connectivity index (χ0) is 14.7.